The van der Waals surface area contributed by atoms with Gasteiger partial charge in [-0.1, -0.05) is 25.7 Å². The topological polar surface area (TPSA) is 44.9 Å². The molecule has 3 rings (SSSR count). The molecular formula is C16H30N4. The second-order valence-electron chi connectivity index (χ2n) is 7.07. The number of nitrogens with two attached hydrogens (primary N) is 1. The summed E-state index contributed by atoms with van der Waals surface area (Å²) < 4.78 is 0. The van der Waals surface area contributed by atoms with Gasteiger partial charge in [0, 0.05) is 12.6 Å². The molecular weight excluding hydrogens is 248 g/mol. The van der Waals surface area contributed by atoms with E-state index >= 15 is 0 Å². The van der Waals surface area contributed by atoms with Crippen molar-refractivity contribution >= 4 is 5.96 Å². The van der Waals surface area contributed by atoms with Gasteiger partial charge in [0.1, 0.15) is 0 Å². The van der Waals surface area contributed by atoms with E-state index in [1.807, 2.05) is 0 Å². The highest BCUT2D eigenvalue weighted by Gasteiger charge is 2.45. The van der Waals surface area contributed by atoms with Crippen LogP contribution in [0.25, 0.3) is 0 Å². The van der Waals surface area contributed by atoms with Crippen LogP contribution in [0.1, 0.15) is 57.8 Å². The van der Waals surface area contributed by atoms with Crippen LogP contribution in [0.5, 0.6) is 0 Å². The molecule has 2 fully saturated rings. The number of hydrogen-bond acceptors (Lipinski definition) is 4. The van der Waals surface area contributed by atoms with Crippen molar-refractivity contribution in [3.8, 4) is 0 Å². The second kappa shape index (κ2) is 5.92. The zero-order valence-electron chi connectivity index (χ0n) is 13.0. The number of aliphatic imine (C=N–C) groups is 1. The average molecular weight is 278 g/mol. The lowest BCUT2D eigenvalue weighted by atomic mass is 9.87. The maximum absolute atomic E-state index is 6.31. The summed E-state index contributed by atoms with van der Waals surface area (Å²) >= 11 is 0. The first-order valence-electron chi connectivity index (χ1n) is 8.49. The molecule has 4 heteroatoms. The van der Waals surface area contributed by atoms with E-state index in [-0.39, 0.29) is 5.54 Å². The maximum atomic E-state index is 6.31. The van der Waals surface area contributed by atoms with Gasteiger partial charge in [0.25, 0.3) is 0 Å². The summed E-state index contributed by atoms with van der Waals surface area (Å²) in [5.74, 6) is 0.835. The molecule has 0 bridgehead atoms. The Labute approximate surface area is 123 Å². The van der Waals surface area contributed by atoms with E-state index in [4.69, 9.17) is 5.73 Å². The van der Waals surface area contributed by atoms with Crippen molar-refractivity contribution in [3.05, 3.63) is 0 Å². The molecule has 1 saturated heterocycles. The number of nitrogens with zero attached hydrogens (tertiary/aromatic N) is 3. The van der Waals surface area contributed by atoms with E-state index in [1.165, 1.54) is 70.9 Å². The molecule has 2 heterocycles. The summed E-state index contributed by atoms with van der Waals surface area (Å²) in [7, 11) is 2.24. The molecule has 1 unspecified atom stereocenters. The monoisotopic (exact) mass is 278 g/mol. The van der Waals surface area contributed by atoms with Crippen LogP contribution in [-0.2, 0) is 0 Å². The summed E-state index contributed by atoms with van der Waals surface area (Å²) in [6.07, 6.45) is 11.9. The van der Waals surface area contributed by atoms with Gasteiger partial charge in [-0.25, -0.2) is 0 Å². The molecule has 1 spiro atoms. The molecule has 20 heavy (non-hydrogen) atoms. The molecule has 0 aromatic rings. The van der Waals surface area contributed by atoms with E-state index in [0.717, 1.165) is 12.5 Å². The number of guanidine groups is 1. The number of hydrogen-bond donors (Lipinski definition) is 1. The van der Waals surface area contributed by atoms with Crippen molar-refractivity contribution in [2.75, 3.05) is 26.7 Å². The van der Waals surface area contributed by atoms with Gasteiger partial charge < -0.3 is 15.5 Å². The van der Waals surface area contributed by atoms with Crippen LogP contribution < -0.4 is 5.73 Å². The maximum Gasteiger partial charge on any atom is 0.192 e. The van der Waals surface area contributed by atoms with Crippen LogP contribution >= 0.6 is 0 Å². The Kier molecular flexibility index (Phi) is 4.20. The van der Waals surface area contributed by atoms with Crippen LogP contribution in [0.15, 0.2) is 4.99 Å². The fourth-order valence-corrected chi connectivity index (χ4v) is 4.43. The van der Waals surface area contributed by atoms with E-state index in [1.54, 1.807) is 0 Å². The van der Waals surface area contributed by atoms with E-state index < -0.39 is 0 Å². The molecule has 0 radical (unpaired) electrons. The molecule has 2 N–H and O–H groups in total. The first-order chi connectivity index (χ1) is 9.71. The van der Waals surface area contributed by atoms with Crippen LogP contribution in [0.4, 0.5) is 0 Å². The Morgan fingerprint density at radius 2 is 1.80 bits per heavy atom. The SMILES string of the molecule is CN1CCCC2(CC1)CN=C(N)N2C1CCCCCC1. The van der Waals surface area contributed by atoms with Crippen LogP contribution in [-0.4, -0.2) is 54.0 Å². The third kappa shape index (κ3) is 2.67. The predicted molar refractivity (Wildman–Crippen MR) is 83.9 cm³/mol. The van der Waals surface area contributed by atoms with E-state index in [9.17, 15) is 0 Å². The van der Waals surface area contributed by atoms with Gasteiger partial charge in [-0.2, -0.15) is 0 Å². The lowest BCUT2D eigenvalue weighted by Gasteiger charge is -2.44. The lowest BCUT2D eigenvalue weighted by Crippen LogP contribution is -2.56. The fraction of sp³-hybridized carbons (Fsp3) is 0.938. The van der Waals surface area contributed by atoms with E-state index in [0.29, 0.717) is 6.04 Å². The van der Waals surface area contributed by atoms with Gasteiger partial charge in [0.2, 0.25) is 0 Å². The van der Waals surface area contributed by atoms with Gasteiger partial charge in [0.05, 0.1) is 12.1 Å². The fourth-order valence-electron chi connectivity index (χ4n) is 4.43. The van der Waals surface area contributed by atoms with Crippen molar-refractivity contribution in [2.24, 2.45) is 10.7 Å². The summed E-state index contributed by atoms with van der Waals surface area (Å²) in [6, 6.07) is 0.646. The van der Waals surface area contributed by atoms with Crippen molar-refractivity contribution < 1.29 is 0 Å². The van der Waals surface area contributed by atoms with Crippen molar-refractivity contribution in [1.29, 1.82) is 0 Å². The van der Waals surface area contributed by atoms with Crippen molar-refractivity contribution in [2.45, 2.75) is 69.4 Å². The highest BCUT2D eigenvalue weighted by Crippen LogP contribution is 2.37. The zero-order chi connectivity index (χ0) is 14.0. The lowest BCUT2D eigenvalue weighted by molar-refractivity contribution is 0.119. The largest absolute Gasteiger partial charge is 0.370 e. The normalized spacial score (nSPS) is 34.0. The molecule has 0 amide bonds. The molecule has 0 aromatic carbocycles. The Morgan fingerprint density at radius 1 is 1.05 bits per heavy atom. The third-order valence-corrected chi connectivity index (χ3v) is 5.62. The van der Waals surface area contributed by atoms with Gasteiger partial charge in [0.15, 0.2) is 5.96 Å². The average Bonchev–Trinajstić information content (AvgIpc) is 2.66. The number of likely N-dealkylation sites (tertiary alicyclic amines) is 1. The summed E-state index contributed by atoms with van der Waals surface area (Å²) in [5.41, 5.74) is 6.55. The highest BCUT2D eigenvalue weighted by atomic mass is 15.4. The van der Waals surface area contributed by atoms with Gasteiger partial charge in [-0.15, -0.1) is 0 Å². The van der Waals surface area contributed by atoms with Crippen molar-refractivity contribution in [3.63, 3.8) is 0 Å². The Balaban J connectivity index is 1.79. The molecule has 2 aliphatic heterocycles. The molecule has 1 atom stereocenters. The van der Waals surface area contributed by atoms with Gasteiger partial charge >= 0.3 is 0 Å². The molecule has 0 aromatic heterocycles. The quantitative estimate of drug-likeness (QED) is 0.748. The smallest absolute Gasteiger partial charge is 0.192 e. The molecule has 3 aliphatic rings. The summed E-state index contributed by atoms with van der Waals surface area (Å²) in [6.45, 7) is 3.34. The summed E-state index contributed by atoms with van der Waals surface area (Å²) in [5, 5.41) is 0. The minimum atomic E-state index is 0.240. The van der Waals surface area contributed by atoms with Crippen molar-refractivity contribution in [1.82, 2.24) is 9.80 Å². The molecule has 4 nitrogen and oxygen atoms in total. The Hall–Kier alpha value is -0.770. The van der Waals surface area contributed by atoms with Gasteiger partial charge in [-0.05, 0) is 45.7 Å². The standard InChI is InChI=1S/C16H30N4/c1-19-11-6-9-16(10-12-19)13-18-15(17)20(16)14-7-4-2-3-5-8-14/h14H,2-13H2,1H3,(H2,17,18). The van der Waals surface area contributed by atoms with Crippen LogP contribution in [0, 0.1) is 0 Å². The second-order valence-corrected chi connectivity index (χ2v) is 7.07. The molecule has 1 aliphatic carbocycles. The molecule has 114 valence electrons. The molecule has 1 saturated carbocycles. The Bertz CT molecular complexity index is 359. The highest BCUT2D eigenvalue weighted by molar-refractivity contribution is 5.81. The summed E-state index contributed by atoms with van der Waals surface area (Å²) in [4.78, 5) is 9.70. The third-order valence-electron chi connectivity index (χ3n) is 5.62. The van der Waals surface area contributed by atoms with Gasteiger partial charge in [-0.3, -0.25) is 4.99 Å². The number of rotatable bonds is 1. The van der Waals surface area contributed by atoms with E-state index in [2.05, 4.69) is 21.8 Å². The minimum Gasteiger partial charge on any atom is -0.370 e. The van der Waals surface area contributed by atoms with Crippen LogP contribution in [0.3, 0.4) is 0 Å². The predicted octanol–water partition coefficient (Wildman–Crippen LogP) is 2.19. The Morgan fingerprint density at radius 3 is 2.55 bits per heavy atom. The van der Waals surface area contributed by atoms with Crippen LogP contribution in [0.2, 0.25) is 0 Å². The first kappa shape index (κ1) is 14.2. The zero-order valence-corrected chi connectivity index (χ0v) is 13.0. The minimum absolute atomic E-state index is 0.240. The first-order valence-corrected chi connectivity index (χ1v) is 8.49.